The minimum absolute atomic E-state index is 0.264. The number of hydrogen-bond donors (Lipinski definition) is 3. The highest BCUT2D eigenvalue weighted by Gasteiger charge is 2.44. The van der Waals surface area contributed by atoms with Gasteiger partial charge in [-0.3, -0.25) is 4.57 Å². The van der Waals surface area contributed by atoms with Gasteiger partial charge in [-0.1, -0.05) is 0 Å². The Labute approximate surface area is 131 Å². The summed E-state index contributed by atoms with van der Waals surface area (Å²) in [5.41, 5.74) is 6.67. The van der Waals surface area contributed by atoms with E-state index in [1.54, 1.807) is 16.3 Å². The lowest BCUT2D eigenvalue weighted by molar-refractivity contribution is -0.0350. The van der Waals surface area contributed by atoms with Crippen molar-refractivity contribution in [1.82, 2.24) is 19.5 Å². The fourth-order valence-corrected chi connectivity index (χ4v) is 2.88. The Morgan fingerprint density at radius 2 is 2.14 bits per heavy atom. The molecule has 22 heavy (non-hydrogen) atoms. The van der Waals surface area contributed by atoms with Gasteiger partial charge in [0.15, 0.2) is 17.7 Å². The third-order valence-electron chi connectivity index (χ3n) is 3.84. The molecule has 3 heterocycles. The highest BCUT2D eigenvalue weighted by molar-refractivity contribution is 8.01. The highest BCUT2D eigenvalue weighted by Crippen LogP contribution is 2.36. The van der Waals surface area contributed by atoms with E-state index in [9.17, 15) is 10.2 Å². The van der Waals surface area contributed by atoms with E-state index in [0.29, 0.717) is 17.6 Å². The number of aliphatic hydroxyl groups excluding tert-OH is 2. The number of ether oxygens (including phenoxy) is 1. The molecule has 119 valence electrons. The van der Waals surface area contributed by atoms with Crippen molar-refractivity contribution < 1.29 is 14.9 Å². The van der Waals surface area contributed by atoms with Gasteiger partial charge in [-0.05, 0) is 19.6 Å². The van der Waals surface area contributed by atoms with Crippen molar-refractivity contribution in [2.45, 2.75) is 37.9 Å². The Balaban J connectivity index is 1.89. The van der Waals surface area contributed by atoms with Crippen LogP contribution in [0.25, 0.3) is 11.2 Å². The maximum Gasteiger partial charge on any atom is 0.167 e. The lowest BCUT2D eigenvalue weighted by atomic mass is 10.1. The van der Waals surface area contributed by atoms with Crippen molar-refractivity contribution in [3.63, 3.8) is 0 Å². The van der Waals surface area contributed by atoms with Crippen LogP contribution in [0, 0.1) is 5.25 Å². The molecule has 0 saturated carbocycles. The van der Waals surface area contributed by atoms with Gasteiger partial charge in [0.05, 0.1) is 12.4 Å². The zero-order chi connectivity index (χ0) is 15.9. The number of aromatic nitrogens is 4. The largest absolute Gasteiger partial charge is 0.388 e. The first-order chi connectivity index (χ1) is 10.5. The smallest absolute Gasteiger partial charge is 0.167 e. The minimum Gasteiger partial charge on any atom is -0.388 e. The second kappa shape index (κ2) is 5.99. The second-order valence-corrected chi connectivity index (χ2v) is 6.34. The average molecular weight is 324 g/mol. The summed E-state index contributed by atoms with van der Waals surface area (Å²) in [6, 6.07) is 0. The van der Waals surface area contributed by atoms with Crippen LogP contribution in [0.2, 0.25) is 0 Å². The highest BCUT2D eigenvalue weighted by atomic mass is 32.2. The molecule has 2 aromatic heterocycles. The summed E-state index contributed by atoms with van der Waals surface area (Å²) in [5.74, 6) is 0.264. The van der Waals surface area contributed by atoms with Crippen LogP contribution in [0.5, 0.6) is 0 Å². The van der Waals surface area contributed by atoms with Crippen molar-refractivity contribution in [3.8, 4) is 0 Å². The molecule has 9 heteroatoms. The topological polar surface area (TPSA) is 119 Å². The van der Waals surface area contributed by atoms with E-state index in [1.807, 2.05) is 13.2 Å². The molecule has 1 fully saturated rings. The molecule has 0 aromatic carbocycles. The number of nitrogens with zero attached hydrogens (tertiary/aromatic N) is 4. The molecule has 0 spiro atoms. The van der Waals surface area contributed by atoms with Crippen LogP contribution >= 0.6 is 11.8 Å². The molecular formula is C13H18N5O3S. The maximum atomic E-state index is 10.3. The van der Waals surface area contributed by atoms with Crippen molar-refractivity contribution >= 4 is 28.7 Å². The molecule has 1 radical (unpaired) electrons. The van der Waals surface area contributed by atoms with Crippen LogP contribution in [-0.2, 0) is 4.74 Å². The van der Waals surface area contributed by atoms with Gasteiger partial charge in [0, 0.05) is 5.25 Å². The molecule has 0 bridgehead atoms. The Kier molecular flexibility index (Phi) is 4.22. The number of rotatable bonds is 4. The summed E-state index contributed by atoms with van der Waals surface area (Å²) < 4.78 is 7.42. The number of aliphatic hydroxyl groups is 2. The SMILES string of the molecule is CS[C](C)C[C@H]1O[C@@H](n2cnc3c(N)ncnc32)[C@H](O)[C@@H]1O. The second-order valence-electron chi connectivity index (χ2n) is 5.24. The van der Waals surface area contributed by atoms with Gasteiger partial charge in [0.2, 0.25) is 0 Å². The normalized spacial score (nSPS) is 28.8. The maximum absolute atomic E-state index is 10.3. The molecule has 4 N–H and O–H groups in total. The van der Waals surface area contributed by atoms with E-state index in [2.05, 4.69) is 15.0 Å². The molecule has 1 saturated heterocycles. The summed E-state index contributed by atoms with van der Waals surface area (Å²) in [6.45, 7) is 1.97. The first-order valence-electron chi connectivity index (χ1n) is 6.84. The minimum atomic E-state index is -1.06. The zero-order valence-electron chi connectivity index (χ0n) is 12.2. The predicted octanol–water partition coefficient (Wildman–Crippen LogP) is 0.333. The third-order valence-corrected chi connectivity index (χ3v) is 4.70. The summed E-state index contributed by atoms with van der Waals surface area (Å²) >= 11 is 1.61. The fourth-order valence-electron chi connectivity index (χ4n) is 2.55. The van der Waals surface area contributed by atoms with E-state index in [1.165, 1.54) is 12.7 Å². The molecule has 1 aliphatic rings. The lowest BCUT2D eigenvalue weighted by Gasteiger charge is -2.17. The number of nitrogens with two attached hydrogens (primary N) is 1. The van der Waals surface area contributed by atoms with Crippen LogP contribution in [0.15, 0.2) is 12.7 Å². The number of nitrogen functional groups attached to an aromatic ring is 1. The number of anilines is 1. The first-order valence-corrected chi connectivity index (χ1v) is 8.06. The molecule has 3 rings (SSSR count). The van der Waals surface area contributed by atoms with E-state index in [4.69, 9.17) is 10.5 Å². The quantitative estimate of drug-likeness (QED) is 0.736. The summed E-state index contributed by atoms with van der Waals surface area (Å²) in [6.07, 6.45) is 2.10. The van der Waals surface area contributed by atoms with Crippen molar-refractivity contribution in [3.05, 3.63) is 17.9 Å². The van der Waals surface area contributed by atoms with Gasteiger partial charge in [-0.2, -0.15) is 11.8 Å². The fraction of sp³-hybridized carbons (Fsp3) is 0.538. The third kappa shape index (κ3) is 2.54. The molecule has 0 aliphatic carbocycles. The number of fused-ring (bicyclic) bond motifs is 1. The van der Waals surface area contributed by atoms with Gasteiger partial charge in [-0.25, -0.2) is 15.0 Å². The Bertz CT molecular complexity index is 666. The number of thioether (sulfide) groups is 1. The monoisotopic (exact) mass is 324 g/mol. The Morgan fingerprint density at radius 3 is 2.86 bits per heavy atom. The summed E-state index contributed by atoms with van der Waals surface area (Å²) in [5, 5.41) is 21.6. The average Bonchev–Trinajstić information content (AvgIpc) is 3.05. The van der Waals surface area contributed by atoms with E-state index >= 15 is 0 Å². The Morgan fingerprint density at radius 1 is 1.36 bits per heavy atom. The zero-order valence-corrected chi connectivity index (χ0v) is 13.1. The molecule has 8 nitrogen and oxygen atoms in total. The molecule has 4 atom stereocenters. The predicted molar refractivity (Wildman–Crippen MR) is 82.7 cm³/mol. The molecular weight excluding hydrogens is 306 g/mol. The molecule has 2 aromatic rings. The number of hydrogen-bond acceptors (Lipinski definition) is 8. The molecule has 1 aliphatic heterocycles. The summed E-state index contributed by atoms with van der Waals surface area (Å²) in [4.78, 5) is 12.2. The van der Waals surface area contributed by atoms with Crippen LogP contribution < -0.4 is 5.73 Å². The Hall–Kier alpha value is -1.42. The lowest BCUT2D eigenvalue weighted by Crippen LogP contribution is -2.31. The first kappa shape index (κ1) is 15.5. The summed E-state index contributed by atoms with van der Waals surface area (Å²) in [7, 11) is 0. The van der Waals surface area contributed by atoms with Crippen LogP contribution in [0.3, 0.4) is 0 Å². The van der Waals surface area contributed by atoms with E-state index in [-0.39, 0.29) is 5.82 Å². The van der Waals surface area contributed by atoms with Crippen molar-refractivity contribution in [1.29, 1.82) is 0 Å². The van der Waals surface area contributed by atoms with Crippen LogP contribution in [0.4, 0.5) is 5.82 Å². The van der Waals surface area contributed by atoms with E-state index < -0.39 is 24.5 Å². The van der Waals surface area contributed by atoms with Gasteiger partial charge in [0.25, 0.3) is 0 Å². The van der Waals surface area contributed by atoms with Crippen molar-refractivity contribution in [2.24, 2.45) is 0 Å². The number of imidazole rings is 1. The molecule has 0 unspecified atom stereocenters. The van der Waals surface area contributed by atoms with Gasteiger partial charge >= 0.3 is 0 Å². The standard InChI is InChI=1S/C13H18N5O3S/c1-6(22-2)3-7-9(19)10(20)13(21-7)18-5-17-8-11(14)15-4-16-12(8)18/h4-5,7,9-10,13,19-20H,3H2,1-2H3,(H2,14,15,16)/t7-,9-,10-,13-/m1/s1. The van der Waals surface area contributed by atoms with Crippen LogP contribution in [-0.4, -0.2) is 54.3 Å². The van der Waals surface area contributed by atoms with E-state index in [0.717, 1.165) is 5.25 Å². The van der Waals surface area contributed by atoms with Crippen LogP contribution in [0.1, 0.15) is 19.6 Å². The van der Waals surface area contributed by atoms with Gasteiger partial charge in [0.1, 0.15) is 24.1 Å². The van der Waals surface area contributed by atoms with Gasteiger partial charge in [-0.15, -0.1) is 0 Å². The van der Waals surface area contributed by atoms with Crippen molar-refractivity contribution in [2.75, 3.05) is 12.0 Å². The molecule has 0 amide bonds. The van der Waals surface area contributed by atoms with Gasteiger partial charge < -0.3 is 20.7 Å².